The molecule has 1 unspecified atom stereocenters. The van der Waals surface area contributed by atoms with Crippen LogP contribution in [-0.4, -0.2) is 4.57 Å². The Balaban J connectivity index is 1.13. The van der Waals surface area contributed by atoms with E-state index in [-0.39, 0.29) is 0 Å². The zero-order valence-corrected chi connectivity index (χ0v) is 30.2. The van der Waals surface area contributed by atoms with Crippen LogP contribution in [0.2, 0.25) is 0 Å². The molecule has 1 atom stereocenters. The Morgan fingerprint density at radius 1 is 0.345 bits per heavy atom. The zero-order valence-electron chi connectivity index (χ0n) is 30.2. The van der Waals surface area contributed by atoms with E-state index < -0.39 is 5.41 Å². The third-order valence-corrected chi connectivity index (χ3v) is 11.6. The number of anilines is 3. The van der Waals surface area contributed by atoms with Crippen molar-refractivity contribution >= 4 is 49.6 Å². The van der Waals surface area contributed by atoms with Gasteiger partial charge in [-0.1, -0.05) is 152 Å². The molecule has 0 spiro atoms. The molecule has 0 aliphatic heterocycles. The lowest BCUT2D eigenvalue weighted by Gasteiger charge is -2.35. The van der Waals surface area contributed by atoms with Crippen LogP contribution in [0, 0.1) is 0 Å². The van der Waals surface area contributed by atoms with E-state index in [1.807, 2.05) is 0 Å². The fraction of sp³-hybridized carbons (Fsp3) is 0.0189. The summed E-state index contributed by atoms with van der Waals surface area (Å²) in [5, 5.41) is 5.02. The van der Waals surface area contributed by atoms with Gasteiger partial charge in [0.1, 0.15) is 0 Å². The van der Waals surface area contributed by atoms with Crippen LogP contribution >= 0.6 is 0 Å². The predicted molar refractivity (Wildman–Crippen MR) is 230 cm³/mol. The molecule has 11 rings (SSSR count). The van der Waals surface area contributed by atoms with E-state index >= 15 is 0 Å². The molecule has 1 heterocycles. The minimum absolute atomic E-state index is 0.518. The van der Waals surface area contributed by atoms with E-state index in [0.29, 0.717) is 0 Å². The summed E-state index contributed by atoms with van der Waals surface area (Å²) in [6, 6.07) is 80.1. The Kier molecular flexibility index (Phi) is 7.11. The molecule has 258 valence electrons. The van der Waals surface area contributed by atoms with E-state index in [1.54, 1.807) is 0 Å². The standard InChI is InChI=1S/C53H36N2/c1-3-17-39(18-4-1)53(40-28-27-37-15-7-8-16-38(37)35-40)49-24-12-9-21-45(49)46-34-33-44(36-50(46)53)54(41-19-5-2-6-20-41)42-29-31-43(32-30-42)55-51-25-13-10-22-47(51)48-23-11-14-26-52(48)55/h1-36H. The number of hydrogen-bond acceptors (Lipinski definition) is 1. The van der Waals surface area contributed by atoms with Crippen LogP contribution in [0.1, 0.15) is 22.3 Å². The first-order chi connectivity index (χ1) is 27.3. The Labute approximate surface area is 320 Å². The van der Waals surface area contributed by atoms with E-state index in [2.05, 4.69) is 228 Å². The van der Waals surface area contributed by atoms with E-state index in [0.717, 1.165) is 22.7 Å². The molecule has 1 aliphatic carbocycles. The molecule has 0 saturated carbocycles. The SMILES string of the molecule is c1ccc(N(c2ccc(-n3c4ccccc4c4ccccc43)cc2)c2ccc3c(c2)C(c2ccccc2)(c2ccc4ccccc4c2)c2ccccc2-3)cc1. The summed E-state index contributed by atoms with van der Waals surface area (Å²) in [7, 11) is 0. The molecule has 0 fully saturated rings. The van der Waals surface area contributed by atoms with Crippen molar-refractivity contribution in [2.24, 2.45) is 0 Å². The minimum Gasteiger partial charge on any atom is -0.310 e. The zero-order chi connectivity index (χ0) is 36.3. The van der Waals surface area contributed by atoms with E-state index in [4.69, 9.17) is 0 Å². The molecule has 1 aromatic heterocycles. The van der Waals surface area contributed by atoms with Gasteiger partial charge in [-0.3, -0.25) is 0 Å². The second-order valence-corrected chi connectivity index (χ2v) is 14.5. The molecule has 0 amide bonds. The summed E-state index contributed by atoms with van der Waals surface area (Å²) in [5.41, 5.74) is 14.0. The van der Waals surface area contributed by atoms with Crippen LogP contribution in [0.3, 0.4) is 0 Å². The van der Waals surface area contributed by atoms with Crippen molar-refractivity contribution in [2.75, 3.05) is 4.90 Å². The summed E-state index contributed by atoms with van der Waals surface area (Å²) in [4.78, 5) is 2.40. The Morgan fingerprint density at radius 3 is 1.65 bits per heavy atom. The highest BCUT2D eigenvalue weighted by Crippen LogP contribution is 2.57. The maximum atomic E-state index is 2.45. The maximum Gasteiger partial charge on any atom is 0.0714 e. The van der Waals surface area contributed by atoms with Crippen molar-refractivity contribution in [2.45, 2.75) is 5.41 Å². The van der Waals surface area contributed by atoms with Crippen molar-refractivity contribution in [3.63, 3.8) is 0 Å². The van der Waals surface area contributed by atoms with Crippen molar-refractivity contribution < 1.29 is 0 Å². The minimum atomic E-state index is -0.518. The molecular formula is C53H36N2. The van der Waals surface area contributed by atoms with Gasteiger partial charge in [-0.2, -0.15) is 0 Å². The molecule has 0 radical (unpaired) electrons. The third-order valence-electron chi connectivity index (χ3n) is 11.6. The van der Waals surface area contributed by atoms with Gasteiger partial charge in [-0.25, -0.2) is 0 Å². The summed E-state index contributed by atoms with van der Waals surface area (Å²) in [6.07, 6.45) is 0. The first kappa shape index (κ1) is 31.4. The monoisotopic (exact) mass is 700 g/mol. The lowest BCUT2D eigenvalue weighted by Crippen LogP contribution is -2.28. The first-order valence-corrected chi connectivity index (χ1v) is 19.0. The molecule has 9 aromatic carbocycles. The lowest BCUT2D eigenvalue weighted by molar-refractivity contribution is 0.770. The molecule has 55 heavy (non-hydrogen) atoms. The van der Waals surface area contributed by atoms with Gasteiger partial charge >= 0.3 is 0 Å². The number of hydrogen-bond donors (Lipinski definition) is 0. The molecule has 10 aromatic rings. The number of nitrogens with zero attached hydrogens (tertiary/aromatic N) is 2. The van der Waals surface area contributed by atoms with Crippen LogP contribution in [0.25, 0.3) is 49.4 Å². The van der Waals surface area contributed by atoms with Crippen LogP contribution in [0.5, 0.6) is 0 Å². The molecule has 1 aliphatic rings. The topological polar surface area (TPSA) is 8.17 Å². The number of aromatic nitrogens is 1. The molecule has 0 saturated heterocycles. The van der Waals surface area contributed by atoms with Crippen LogP contribution in [0.4, 0.5) is 17.1 Å². The van der Waals surface area contributed by atoms with Crippen molar-refractivity contribution in [1.82, 2.24) is 4.57 Å². The summed E-state index contributed by atoms with van der Waals surface area (Å²) >= 11 is 0. The van der Waals surface area contributed by atoms with E-state index in [9.17, 15) is 0 Å². The van der Waals surface area contributed by atoms with Gasteiger partial charge < -0.3 is 9.47 Å². The van der Waals surface area contributed by atoms with Crippen LogP contribution < -0.4 is 4.90 Å². The second kappa shape index (κ2) is 12.5. The highest BCUT2D eigenvalue weighted by atomic mass is 15.1. The molecule has 0 bridgehead atoms. The normalized spacial score (nSPS) is 14.6. The molecule has 0 N–H and O–H groups in total. The van der Waals surface area contributed by atoms with Crippen molar-refractivity contribution in [3.8, 4) is 16.8 Å². The van der Waals surface area contributed by atoms with Gasteiger partial charge in [0.05, 0.1) is 16.4 Å². The summed E-state index contributed by atoms with van der Waals surface area (Å²) in [5.74, 6) is 0. The number of para-hydroxylation sites is 3. The second-order valence-electron chi connectivity index (χ2n) is 14.5. The quantitative estimate of drug-likeness (QED) is 0.168. The van der Waals surface area contributed by atoms with Gasteiger partial charge in [0.2, 0.25) is 0 Å². The third kappa shape index (κ3) is 4.75. The smallest absolute Gasteiger partial charge is 0.0714 e. The predicted octanol–water partition coefficient (Wildman–Crippen LogP) is 13.8. The maximum absolute atomic E-state index is 2.45. The largest absolute Gasteiger partial charge is 0.310 e. The van der Waals surface area contributed by atoms with Crippen molar-refractivity contribution in [3.05, 3.63) is 241 Å². The van der Waals surface area contributed by atoms with E-state index in [1.165, 1.54) is 66.0 Å². The number of rotatable bonds is 6. The molecule has 2 heteroatoms. The Bertz CT molecular complexity index is 2980. The Hall–Kier alpha value is -7.16. The highest BCUT2D eigenvalue weighted by molar-refractivity contribution is 6.09. The number of fused-ring (bicyclic) bond motifs is 7. The fourth-order valence-electron chi connectivity index (χ4n) is 9.28. The highest BCUT2D eigenvalue weighted by Gasteiger charge is 2.46. The Morgan fingerprint density at radius 2 is 0.909 bits per heavy atom. The van der Waals surface area contributed by atoms with Crippen LogP contribution in [-0.2, 0) is 5.41 Å². The molecular weight excluding hydrogens is 665 g/mol. The lowest BCUT2D eigenvalue weighted by atomic mass is 9.67. The molecule has 2 nitrogen and oxygen atoms in total. The average molecular weight is 701 g/mol. The average Bonchev–Trinajstić information content (AvgIpc) is 3.75. The summed E-state index contributed by atoms with van der Waals surface area (Å²) < 4.78 is 2.38. The fourth-order valence-corrected chi connectivity index (χ4v) is 9.28. The van der Waals surface area contributed by atoms with Gasteiger partial charge in [0, 0.05) is 33.5 Å². The number of benzene rings is 9. The van der Waals surface area contributed by atoms with Gasteiger partial charge in [-0.05, 0) is 111 Å². The first-order valence-electron chi connectivity index (χ1n) is 19.0. The van der Waals surface area contributed by atoms with Gasteiger partial charge in [0.25, 0.3) is 0 Å². The summed E-state index contributed by atoms with van der Waals surface area (Å²) in [6.45, 7) is 0. The van der Waals surface area contributed by atoms with Gasteiger partial charge in [-0.15, -0.1) is 0 Å². The van der Waals surface area contributed by atoms with Gasteiger partial charge in [0.15, 0.2) is 0 Å². The van der Waals surface area contributed by atoms with Crippen LogP contribution in [0.15, 0.2) is 218 Å². The van der Waals surface area contributed by atoms with Crippen molar-refractivity contribution in [1.29, 1.82) is 0 Å².